The molecule has 29 heavy (non-hydrogen) atoms. The Morgan fingerprint density at radius 3 is 2.59 bits per heavy atom. The fourth-order valence-electron chi connectivity index (χ4n) is 4.35. The standard InChI is InChI=1S/C22H22N2O4S/c1-28-22-12-11-18(25)14-21(22)17(13-16-7-5-6-10-20(16)22)15-23-24-29(26,27)19-8-3-2-4-9-19/h2-12,15,17,21,24H,13-14H2,1H3/b23-15+/t17-,21+,22+/m1/s1. The van der Waals surface area contributed by atoms with Crippen molar-refractivity contribution in [3.05, 3.63) is 77.9 Å². The van der Waals surface area contributed by atoms with E-state index in [0.29, 0.717) is 12.8 Å². The molecule has 0 saturated heterocycles. The van der Waals surface area contributed by atoms with Crippen LogP contribution in [0.5, 0.6) is 0 Å². The maximum absolute atomic E-state index is 12.4. The molecular formula is C22H22N2O4S. The highest BCUT2D eigenvalue weighted by atomic mass is 32.2. The molecule has 2 aliphatic carbocycles. The summed E-state index contributed by atoms with van der Waals surface area (Å²) >= 11 is 0. The van der Waals surface area contributed by atoms with Gasteiger partial charge >= 0.3 is 0 Å². The lowest BCUT2D eigenvalue weighted by Gasteiger charge is -2.47. The van der Waals surface area contributed by atoms with Gasteiger partial charge in [0.05, 0.1) is 4.90 Å². The average molecular weight is 410 g/mol. The van der Waals surface area contributed by atoms with Crippen LogP contribution in [0.25, 0.3) is 0 Å². The Balaban J connectivity index is 1.65. The van der Waals surface area contributed by atoms with Crippen molar-refractivity contribution in [3.63, 3.8) is 0 Å². The lowest BCUT2D eigenvalue weighted by molar-refractivity contribution is -0.122. The molecule has 1 N–H and O–H groups in total. The predicted molar refractivity (Wildman–Crippen MR) is 110 cm³/mol. The molecule has 7 heteroatoms. The summed E-state index contributed by atoms with van der Waals surface area (Å²) in [4.78, 5) is 14.6. The van der Waals surface area contributed by atoms with Gasteiger partial charge in [-0.2, -0.15) is 13.5 Å². The number of fused-ring (bicyclic) bond motifs is 3. The minimum Gasteiger partial charge on any atom is -0.369 e. The van der Waals surface area contributed by atoms with Gasteiger partial charge in [-0.15, -0.1) is 0 Å². The quantitative estimate of drug-likeness (QED) is 0.607. The first-order chi connectivity index (χ1) is 14.0. The molecule has 0 aromatic heterocycles. The Hall–Kier alpha value is -2.77. The molecule has 4 rings (SSSR count). The number of allylic oxidation sites excluding steroid dienone is 1. The van der Waals surface area contributed by atoms with Gasteiger partial charge in [0.1, 0.15) is 5.60 Å². The van der Waals surface area contributed by atoms with E-state index in [1.54, 1.807) is 37.6 Å². The summed E-state index contributed by atoms with van der Waals surface area (Å²) in [5.74, 6) is -0.285. The van der Waals surface area contributed by atoms with Gasteiger partial charge in [0.25, 0.3) is 10.0 Å². The van der Waals surface area contributed by atoms with E-state index in [1.807, 2.05) is 30.3 Å². The number of benzene rings is 2. The second-order valence-corrected chi connectivity index (χ2v) is 8.98. The predicted octanol–water partition coefficient (Wildman–Crippen LogP) is 2.81. The Kier molecular flexibility index (Phi) is 5.10. The monoisotopic (exact) mass is 410 g/mol. The van der Waals surface area contributed by atoms with Crippen LogP contribution in [0.15, 0.2) is 76.7 Å². The molecule has 3 atom stereocenters. The molecule has 0 unspecified atom stereocenters. The van der Waals surface area contributed by atoms with Crippen LogP contribution in [0.1, 0.15) is 17.5 Å². The van der Waals surface area contributed by atoms with E-state index in [0.717, 1.165) is 11.1 Å². The second kappa shape index (κ2) is 7.57. The molecule has 0 radical (unpaired) electrons. The number of nitrogens with zero attached hydrogens (tertiary/aromatic N) is 1. The van der Waals surface area contributed by atoms with Crippen molar-refractivity contribution in [3.8, 4) is 0 Å². The first-order valence-corrected chi connectivity index (χ1v) is 10.9. The van der Waals surface area contributed by atoms with Gasteiger partial charge in [-0.3, -0.25) is 4.79 Å². The molecule has 2 aromatic rings. The Labute approximate surface area is 170 Å². The van der Waals surface area contributed by atoms with Gasteiger partial charge < -0.3 is 4.74 Å². The van der Waals surface area contributed by atoms with Gasteiger partial charge in [-0.05, 0) is 41.8 Å². The molecule has 0 saturated carbocycles. The van der Waals surface area contributed by atoms with Gasteiger partial charge in [0.2, 0.25) is 0 Å². The van der Waals surface area contributed by atoms with Crippen LogP contribution >= 0.6 is 0 Å². The van der Waals surface area contributed by atoms with E-state index in [2.05, 4.69) is 9.93 Å². The van der Waals surface area contributed by atoms with E-state index >= 15 is 0 Å². The zero-order chi connectivity index (χ0) is 20.5. The first-order valence-electron chi connectivity index (χ1n) is 9.42. The van der Waals surface area contributed by atoms with Crippen LogP contribution in [0.4, 0.5) is 0 Å². The molecule has 2 aromatic carbocycles. The van der Waals surface area contributed by atoms with Crippen molar-refractivity contribution in [2.45, 2.75) is 23.3 Å². The summed E-state index contributed by atoms with van der Waals surface area (Å²) in [5.41, 5.74) is 1.43. The second-order valence-electron chi connectivity index (χ2n) is 7.32. The maximum atomic E-state index is 12.4. The summed E-state index contributed by atoms with van der Waals surface area (Å²) in [5, 5.41) is 4.04. The lowest BCUT2D eigenvalue weighted by atomic mass is 9.62. The Morgan fingerprint density at radius 1 is 1.10 bits per heavy atom. The summed E-state index contributed by atoms with van der Waals surface area (Å²) in [6, 6.07) is 16.1. The van der Waals surface area contributed by atoms with Gasteiger partial charge in [-0.25, -0.2) is 4.83 Å². The molecule has 0 heterocycles. The minimum absolute atomic E-state index is 0.0327. The number of sulfonamides is 1. The number of rotatable bonds is 5. The number of hydrazone groups is 1. The third-order valence-electron chi connectivity index (χ3n) is 5.73. The average Bonchev–Trinajstić information content (AvgIpc) is 2.74. The molecular weight excluding hydrogens is 388 g/mol. The summed E-state index contributed by atoms with van der Waals surface area (Å²) in [6.45, 7) is 0. The van der Waals surface area contributed by atoms with E-state index in [1.165, 1.54) is 12.1 Å². The summed E-state index contributed by atoms with van der Waals surface area (Å²) in [6.07, 6.45) is 5.98. The number of nitrogens with one attached hydrogen (secondary N) is 1. The summed E-state index contributed by atoms with van der Waals surface area (Å²) < 4.78 is 30.8. The molecule has 150 valence electrons. The number of methoxy groups -OCH3 is 1. The number of hydrogen-bond acceptors (Lipinski definition) is 5. The first kappa shape index (κ1) is 19.5. The van der Waals surface area contributed by atoms with E-state index in [9.17, 15) is 13.2 Å². The molecule has 0 fully saturated rings. The highest BCUT2D eigenvalue weighted by molar-refractivity contribution is 7.89. The zero-order valence-corrected chi connectivity index (χ0v) is 16.8. The highest BCUT2D eigenvalue weighted by Crippen LogP contribution is 2.49. The van der Waals surface area contributed by atoms with Gasteiger partial charge in [-0.1, -0.05) is 42.5 Å². The van der Waals surface area contributed by atoms with E-state index in [-0.39, 0.29) is 22.5 Å². The highest BCUT2D eigenvalue weighted by Gasteiger charge is 2.49. The fraction of sp³-hybridized carbons (Fsp3) is 0.273. The van der Waals surface area contributed by atoms with Crippen LogP contribution in [-0.4, -0.2) is 27.5 Å². The topological polar surface area (TPSA) is 84.8 Å². The number of ketones is 1. The number of carbonyl (C=O) groups is 1. The third-order valence-corrected chi connectivity index (χ3v) is 6.97. The molecule has 6 nitrogen and oxygen atoms in total. The molecule has 0 aliphatic heterocycles. The smallest absolute Gasteiger partial charge is 0.276 e. The molecule has 2 aliphatic rings. The fourth-order valence-corrected chi connectivity index (χ4v) is 5.17. The van der Waals surface area contributed by atoms with Gasteiger partial charge in [0.15, 0.2) is 5.78 Å². The van der Waals surface area contributed by atoms with E-state index < -0.39 is 15.6 Å². The molecule has 0 amide bonds. The van der Waals surface area contributed by atoms with Gasteiger partial charge in [0, 0.05) is 31.6 Å². The number of hydrogen-bond donors (Lipinski definition) is 1. The molecule has 0 bridgehead atoms. The van der Waals surface area contributed by atoms with Crippen LogP contribution < -0.4 is 4.83 Å². The summed E-state index contributed by atoms with van der Waals surface area (Å²) in [7, 11) is -2.10. The molecule has 0 spiro atoms. The van der Waals surface area contributed by atoms with E-state index in [4.69, 9.17) is 4.74 Å². The lowest BCUT2D eigenvalue weighted by Crippen LogP contribution is -2.48. The van der Waals surface area contributed by atoms with Crippen molar-refractivity contribution in [2.75, 3.05) is 7.11 Å². The number of ether oxygens (including phenoxy) is 1. The van der Waals surface area contributed by atoms with Crippen molar-refractivity contribution in [1.29, 1.82) is 0 Å². The minimum atomic E-state index is -3.74. The number of carbonyl (C=O) groups excluding carboxylic acids is 1. The third kappa shape index (κ3) is 3.52. The zero-order valence-electron chi connectivity index (χ0n) is 16.0. The SMILES string of the molecule is CO[C@]12C=CC(=O)C[C@H]1[C@@H](/C=N/NS(=O)(=O)c1ccccc1)Cc1ccccc12. The largest absolute Gasteiger partial charge is 0.369 e. The van der Waals surface area contributed by atoms with Crippen molar-refractivity contribution < 1.29 is 17.9 Å². The van der Waals surface area contributed by atoms with Crippen LogP contribution in [0.3, 0.4) is 0 Å². The van der Waals surface area contributed by atoms with Crippen molar-refractivity contribution in [1.82, 2.24) is 4.83 Å². The van der Waals surface area contributed by atoms with Crippen LogP contribution in [0, 0.1) is 11.8 Å². The maximum Gasteiger partial charge on any atom is 0.276 e. The van der Waals surface area contributed by atoms with Crippen LogP contribution in [0.2, 0.25) is 0 Å². The van der Waals surface area contributed by atoms with Crippen molar-refractivity contribution in [2.24, 2.45) is 16.9 Å². The van der Waals surface area contributed by atoms with Crippen LogP contribution in [-0.2, 0) is 31.6 Å². The Morgan fingerprint density at radius 2 is 1.83 bits per heavy atom. The normalized spacial score (nSPS) is 26.2. The Bertz CT molecular complexity index is 1080. The van der Waals surface area contributed by atoms with Crippen molar-refractivity contribution >= 4 is 22.0 Å².